The highest BCUT2D eigenvalue weighted by Crippen LogP contribution is 2.18. The molecule has 1 amide bonds. The fourth-order valence-electron chi connectivity index (χ4n) is 0.962. The number of H-pyrrole nitrogens is 1. The minimum atomic E-state index is 0.0116. The summed E-state index contributed by atoms with van der Waals surface area (Å²) in [6.45, 7) is 0. The second-order valence-corrected chi connectivity index (χ2v) is 2.83. The lowest BCUT2D eigenvalue weighted by molar-refractivity contribution is 0.0946. The van der Waals surface area contributed by atoms with E-state index in [-0.39, 0.29) is 5.91 Å². The van der Waals surface area contributed by atoms with Gasteiger partial charge in [0.25, 0.3) is 5.91 Å². The number of nitrogens with one attached hydrogen (secondary N) is 2. The van der Waals surface area contributed by atoms with E-state index >= 15 is 0 Å². The first-order valence-corrected chi connectivity index (χ1v) is 3.80. The highest BCUT2D eigenvalue weighted by Gasteiger charge is 2.23. The van der Waals surface area contributed by atoms with Gasteiger partial charge in [-0.15, -0.1) is 0 Å². The number of rotatable bonds is 2. The van der Waals surface area contributed by atoms with Crippen molar-refractivity contribution in [3.8, 4) is 0 Å². The second kappa shape index (κ2) is 2.42. The van der Waals surface area contributed by atoms with Gasteiger partial charge in [0.2, 0.25) is 0 Å². The molecule has 0 radical (unpaired) electrons. The highest BCUT2D eigenvalue weighted by atomic mass is 16.2. The molecule has 0 bridgehead atoms. The van der Waals surface area contributed by atoms with E-state index in [0.29, 0.717) is 11.7 Å². The van der Waals surface area contributed by atoms with Crippen LogP contribution < -0.4 is 5.32 Å². The number of hydrogen-bond acceptors (Lipinski definition) is 1. The Morgan fingerprint density at radius 2 is 2.45 bits per heavy atom. The quantitative estimate of drug-likeness (QED) is 0.646. The van der Waals surface area contributed by atoms with E-state index in [1.54, 1.807) is 12.3 Å². The minimum Gasteiger partial charge on any atom is -0.357 e. The van der Waals surface area contributed by atoms with Crippen molar-refractivity contribution < 1.29 is 4.79 Å². The lowest BCUT2D eigenvalue weighted by atomic mass is 10.4. The Morgan fingerprint density at radius 3 is 3.00 bits per heavy atom. The number of carbonyl (C=O) groups excluding carboxylic acids is 1. The van der Waals surface area contributed by atoms with Crippen LogP contribution in [0.4, 0.5) is 0 Å². The minimum absolute atomic E-state index is 0.0116. The van der Waals surface area contributed by atoms with E-state index in [4.69, 9.17) is 0 Å². The molecule has 1 aromatic rings. The van der Waals surface area contributed by atoms with Crippen molar-refractivity contribution in [1.82, 2.24) is 10.3 Å². The first kappa shape index (κ1) is 6.46. The molecule has 2 rings (SSSR count). The summed E-state index contributed by atoms with van der Waals surface area (Å²) in [7, 11) is 0. The maximum Gasteiger partial charge on any atom is 0.267 e. The summed E-state index contributed by atoms with van der Waals surface area (Å²) in [6.07, 6.45) is 4.01. The molecule has 0 aliphatic heterocycles. The molecule has 0 saturated heterocycles. The van der Waals surface area contributed by atoms with Gasteiger partial charge in [0.15, 0.2) is 0 Å². The van der Waals surface area contributed by atoms with Crippen molar-refractivity contribution in [3.05, 3.63) is 24.0 Å². The zero-order chi connectivity index (χ0) is 7.68. The standard InChI is InChI=1S/C8H10N2O/c11-8(10-6-3-4-6)7-2-1-5-9-7/h1-2,5-6,9H,3-4H2,(H,10,11). The number of aromatic nitrogens is 1. The van der Waals surface area contributed by atoms with E-state index in [2.05, 4.69) is 10.3 Å². The van der Waals surface area contributed by atoms with E-state index in [1.165, 1.54) is 0 Å². The topological polar surface area (TPSA) is 44.9 Å². The Bertz CT molecular complexity index is 249. The first-order valence-electron chi connectivity index (χ1n) is 3.80. The molecule has 11 heavy (non-hydrogen) atoms. The zero-order valence-electron chi connectivity index (χ0n) is 6.13. The fraction of sp³-hybridized carbons (Fsp3) is 0.375. The summed E-state index contributed by atoms with van der Waals surface area (Å²) in [4.78, 5) is 14.1. The van der Waals surface area contributed by atoms with Gasteiger partial charge < -0.3 is 10.3 Å². The molecular weight excluding hydrogens is 140 g/mol. The van der Waals surface area contributed by atoms with Gasteiger partial charge in [0.1, 0.15) is 5.69 Å². The third kappa shape index (κ3) is 1.42. The molecule has 0 spiro atoms. The average molecular weight is 150 g/mol. The van der Waals surface area contributed by atoms with Gasteiger partial charge in [-0.25, -0.2) is 0 Å². The van der Waals surface area contributed by atoms with Gasteiger partial charge in [0.05, 0.1) is 0 Å². The number of amides is 1. The summed E-state index contributed by atoms with van der Waals surface area (Å²) in [6, 6.07) is 4.03. The van der Waals surface area contributed by atoms with E-state index in [0.717, 1.165) is 12.8 Å². The Morgan fingerprint density at radius 1 is 1.64 bits per heavy atom. The Balaban J connectivity index is 1.99. The smallest absolute Gasteiger partial charge is 0.267 e. The molecular formula is C8H10N2O. The van der Waals surface area contributed by atoms with Crippen LogP contribution in [0.2, 0.25) is 0 Å². The highest BCUT2D eigenvalue weighted by molar-refractivity contribution is 5.92. The number of hydrogen-bond donors (Lipinski definition) is 2. The molecule has 3 nitrogen and oxygen atoms in total. The monoisotopic (exact) mass is 150 g/mol. The van der Waals surface area contributed by atoms with Crippen molar-refractivity contribution >= 4 is 5.91 Å². The molecule has 0 aromatic carbocycles. The molecule has 0 atom stereocenters. The van der Waals surface area contributed by atoms with Crippen molar-refractivity contribution in [2.45, 2.75) is 18.9 Å². The van der Waals surface area contributed by atoms with Gasteiger partial charge in [-0.05, 0) is 25.0 Å². The maximum atomic E-state index is 11.2. The summed E-state index contributed by atoms with van der Waals surface area (Å²) < 4.78 is 0. The third-order valence-electron chi connectivity index (χ3n) is 1.76. The van der Waals surface area contributed by atoms with E-state index in [9.17, 15) is 4.79 Å². The Kier molecular flexibility index (Phi) is 1.42. The van der Waals surface area contributed by atoms with Crippen LogP contribution in [0.1, 0.15) is 23.3 Å². The van der Waals surface area contributed by atoms with Crippen LogP contribution in [-0.2, 0) is 0 Å². The van der Waals surface area contributed by atoms with Gasteiger partial charge in [-0.1, -0.05) is 0 Å². The molecule has 1 saturated carbocycles. The van der Waals surface area contributed by atoms with Crippen LogP contribution >= 0.6 is 0 Å². The molecule has 1 heterocycles. The van der Waals surface area contributed by atoms with Crippen LogP contribution in [0.15, 0.2) is 18.3 Å². The molecule has 1 aliphatic carbocycles. The summed E-state index contributed by atoms with van der Waals surface area (Å²) >= 11 is 0. The molecule has 3 heteroatoms. The SMILES string of the molecule is O=C(NC1CC1)c1ccc[nH]1. The summed E-state index contributed by atoms with van der Waals surface area (Å²) in [5.74, 6) is 0.0116. The van der Waals surface area contributed by atoms with Crippen LogP contribution in [0.3, 0.4) is 0 Å². The van der Waals surface area contributed by atoms with Gasteiger partial charge >= 0.3 is 0 Å². The molecule has 58 valence electrons. The van der Waals surface area contributed by atoms with Crippen LogP contribution in [0.25, 0.3) is 0 Å². The van der Waals surface area contributed by atoms with E-state index < -0.39 is 0 Å². The largest absolute Gasteiger partial charge is 0.357 e. The number of carbonyl (C=O) groups is 1. The maximum absolute atomic E-state index is 11.2. The lowest BCUT2D eigenvalue weighted by Crippen LogP contribution is -2.25. The van der Waals surface area contributed by atoms with Crippen LogP contribution in [0.5, 0.6) is 0 Å². The van der Waals surface area contributed by atoms with Crippen LogP contribution in [-0.4, -0.2) is 16.9 Å². The van der Waals surface area contributed by atoms with Crippen molar-refractivity contribution in [2.75, 3.05) is 0 Å². The molecule has 1 aliphatic rings. The first-order chi connectivity index (χ1) is 5.36. The molecule has 1 fully saturated rings. The lowest BCUT2D eigenvalue weighted by Gasteiger charge is -1.98. The Labute approximate surface area is 64.8 Å². The summed E-state index contributed by atoms with van der Waals surface area (Å²) in [5.41, 5.74) is 0.650. The van der Waals surface area contributed by atoms with Crippen molar-refractivity contribution in [3.63, 3.8) is 0 Å². The normalized spacial score (nSPS) is 16.4. The van der Waals surface area contributed by atoms with Crippen LogP contribution in [0, 0.1) is 0 Å². The second-order valence-electron chi connectivity index (χ2n) is 2.83. The molecule has 1 aromatic heterocycles. The predicted molar refractivity (Wildman–Crippen MR) is 41.3 cm³/mol. The van der Waals surface area contributed by atoms with Gasteiger partial charge in [-0.3, -0.25) is 4.79 Å². The van der Waals surface area contributed by atoms with E-state index in [1.807, 2.05) is 6.07 Å². The molecule has 2 N–H and O–H groups in total. The molecule has 0 unspecified atom stereocenters. The Hall–Kier alpha value is -1.25. The summed E-state index contributed by atoms with van der Waals surface area (Å²) in [5, 5.41) is 2.89. The van der Waals surface area contributed by atoms with Crippen molar-refractivity contribution in [2.24, 2.45) is 0 Å². The third-order valence-corrected chi connectivity index (χ3v) is 1.76. The predicted octanol–water partition coefficient (Wildman–Crippen LogP) is 0.907. The van der Waals surface area contributed by atoms with Gasteiger partial charge in [0, 0.05) is 12.2 Å². The van der Waals surface area contributed by atoms with Crippen molar-refractivity contribution in [1.29, 1.82) is 0 Å². The van der Waals surface area contributed by atoms with Gasteiger partial charge in [-0.2, -0.15) is 0 Å². The number of aromatic amines is 1. The fourth-order valence-corrected chi connectivity index (χ4v) is 0.962. The average Bonchev–Trinajstić information content (AvgIpc) is 2.67. The zero-order valence-corrected chi connectivity index (χ0v) is 6.13.